The molecular formula is C12H16F3NO. The van der Waals surface area contributed by atoms with Gasteiger partial charge in [0.25, 0.3) is 0 Å². The Morgan fingerprint density at radius 3 is 2.35 bits per heavy atom. The number of ether oxygens (including phenoxy) is 1. The SMILES string of the molecule is CC(C)C(N)Cc1ccccc1OC(F)(F)F. The molecule has 1 atom stereocenters. The molecule has 0 fully saturated rings. The lowest BCUT2D eigenvalue weighted by Gasteiger charge is -2.18. The van der Waals surface area contributed by atoms with Crippen molar-refractivity contribution in [2.45, 2.75) is 32.7 Å². The van der Waals surface area contributed by atoms with Crippen molar-refractivity contribution in [3.05, 3.63) is 29.8 Å². The van der Waals surface area contributed by atoms with Gasteiger partial charge in [-0.3, -0.25) is 0 Å². The number of rotatable bonds is 4. The Morgan fingerprint density at radius 1 is 1.24 bits per heavy atom. The highest BCUT2D eigenvalue weighted by Gasteiger charge is 2.32. The van der Waals surface area contributed by atoms with Gasteiger partial charge >= 0.3 is 6.36 Å². The van der Waals surface area contributed by atoms with Gasteiger partial charge in [-0.1, -0.05) is 32.0 Å². The minimum atomic E-state index is -4.67. The van der Waals surface area contributed by atoms with Crippen molar-refractivity contribution < 1.29 is 17.9 Å². The van der Waals surface area contributed by atoms with E-state index in [1.165, 1.54) is 12.1 Å². The van der Waals surface area contributed by atoms with E-state index < -0.39 is 6.36 Å². The third-order valence-electron chi connectivity index (χ3n) is 2.51. The van der Waals surface area contributed by atoms with Crippen LogP contribution in [-0.4, -0.2) is 12.4 Å². The highest BCUT2D eigenvalue weighted by atomic mass is 19.4. The van der Waals surface area contributed by atoms with E-state index in [-0.39, 0.29) is 17.7 Å². The van der Waals surface area contributed by atoms with Gasteiger partial charge in [0.15, 0.2) is 0 Å². The maximum absolute atomic E-state index is 12.2. The first-order valence-electron chi connectivity index (χ1n) is 5.39. The van der Waals surface area contributed by atoms with Crippen LogP contribution in [0.2, 0.25) is 0 Å². The van der Waals surface area contributed by atoms with Crippen LogP contribution in [0.15, 0.2) is 24.3 Å². The number of hydrogen-bond acceptors (Lipinski definition) is 2. The Hall–Kier alpha value is -1.23. The molecule has 0 saturated carbocycles. The molecular weight excluding hydrogens is 231 g/mol. The fraction of sp³-hybridized carbons (Fsp3) is 0.500. The lowest BCUT2D eigenvalue weighted by molar-refractivity contribution is -0.274. The molecule has 1 rings (SSSR count). The lowest BCUT2D eigenvalue weighted by atomic mass is 9.97. The van der Waals surface area contributed by atoms with E-state index in [1.54, 1.807) is 12.1 Å². The molecule has 0 amide bonds. The van der Waals surface area contributed by atoms with Crippen LogP contribution in [0.25, 0.3) is 0 Å². The van der Waals surface area contributed by atoms with Gasteiger partial charge < -0.3 is 10.5 Å². The molecule has 96 valence electrons. The number of benzene rings is 1. The monoisotopic (exact) mass is 247 g/mol. The van der Waals surface area contributed by atoms with Gasteiger partial charge in [0.1, 0.15) is 5.75 Å². The quantitative estimate of drug-likeness (QED) is 0.887. The summed E-state index contributed by atoms with van der Waals surface area (Å²) < 4.78 is 40.4. The van der Waals surface area contributed by atoms with Crippen LogP contribution in [-0.2, 0) is 6.42 Å². The third kappa shape index (κ3) is 4.65. The first-order valence-corrected chi connectivity index (χ1v) is 5.39. The summed E-state index contributed by atoms with van der Waals surface area (Å²) in [4.78, 5) is 0. The average Bonchev–Trinajstić information content (AvgIpc) is 2.18. The van der Waals surface area contributed by atoms with E-state index in [0.29, 0.717) is 12.0 Å². The molecule has 1 aromatic carbocycles. The lowest BCUT2D eigenvalue weighted by Crippen LogP contribution is -2.29. The van der Waals surface area contributed by atoms with Crippen molar-refractivity contribution in [2.24, 2.45) is 11.7 Å². The molecule has 5 heteroatoms. The zero-order valence-corrected chi connectivity index (χ0v) is 9.79. The summed E-state index contributed by atoms with van der Waals surface area (Å²) in [7, 11) is 0. The molecule has 0 spiro atoms. The predicted molar refractivity (Wildman–Crippen MR) is 59.6 cm³/mol. The molecule has 0 aliphatic heterocycles. The van der Waals surface area contributed by atoms with Gasteiger partial charge in [0.05, 0.1) is 0 Å². The number of hydrogen-bond donors (Lipinski definition) is 1. The van der Waals surface area contributed by atoms with Crippen LogP contribution in [0.1, 0.15) is 19.4 Å². The summed E-state index contributed by atoms with van der Waals surface area (Å²) in [5, 5.41) is 0. The number of nitrogens with two attached hydrogens (primary N) is 1. The molecule has 0 saturated heterocycles. The molecule has 0 aliphatic rings. The summed E-state index contributed by atoms with van der Waals surface area (Å²) >= 11 is 0. The van der Waals surface area contributed by atoms with Crippen LogP contribution in [0.5, 0.6) is 5.75 Å². The van der Waals surface area contributed by atoms with E-state index in [4.69, 9.17) is 5.73 Å². The molecule has 17 heavy (non-hydrogen) atoms. The largest absolute Gasteiger partial charge is 0.573 e. The Labute approximate surface area is 98.6 Å². The van der Waals surface area contributed by atoms with Crippen LogP contribution in [0.4, 0.5) is 13.2 Å². The first-order chi connectivity index (χ1) is 7.79. The van der Waals surface area contributed by atoms with Gasteiger partial charge in [-0.15, -0.1) is 13.2 Å². The summed E-state index contributed by atoms with van der Waals surface area (Å²) in [6.45, 7) is 3.86. The standard InChI is InChI=1S/C12H16F3NO/c1-8(2)10(16)7-9-5-3-4-6-11(9)17-12(13,14)15/h3-6,8,10H,7,16H2,1-2H3. The van der Waals surface area contributed by atoms with Crippen molar-refractivity contribution in [3.8, 4) is 5.75 Å². The van der Waals surface area contributed by atoms with Crippen molar-refractivity contribution >= 4 is 0 Å². The van der Waals surface area contributed by atoms with Gasteiger partial charge in [-0.05, 0) is 24.0 Å². The highest BCUT2D eigenvalue weighted by Crippen LogP contribution is 2.27. The second kappa shape index (κ2) is 5.40. The zero-order chi connectivity index (χ0) is 13.1. The predicted octanol–water partition coefficient (Wildman–Crippen LogP) is 3.11. The van der Waals surface area contributed by atoms with Crippen LogP contribution >= 0.6 is 0 Å². The van der Waals surface area contributed by atoms with E-state index in [1.807, 2.05) is 13.8 Å². The van der Waals surface area contributed by atoms with Crippen LogP contribution in [0.3, 0.4) is 0 Å². The Kier molecular flexibility index (Phi) is 4.40. The fourth-order valence-corrected chi connectivity index (χ4v) is 1.39. The topological polar surface area (TPSA) is 35.2 Å². The summed E-state index contributed by atoms with van der Waals surface area (Å²) in [5.74, 6) is 0.0324. The molecule has 1 unspecified atom stereocenters. The van der Waals surface area contributed by atoms with Crippen molar-refractivity contribution in [2.75, 3.05) is 0 Å². The smallest absolute Gasteiger partial charge is 0.406 e. The summed E-state index contributed by atoms with van der Waals surface area (Å²) in [5.41, 5.74) is 6.32. The van der Waals surface area contributed by atoms with Gasteiger partial charge in [-0.25, -0.2) is 0 Å². The number of para-hydroxylation sites is 1. The molecule has 1 aromatic rings. The molecule has 0 bridgehead atoms. The number of halogens is 3. The van der Waals surface area contributed by atoms with E-state index in [2.05, 4.69) is 4.74 Å². The minimum absolute atomic E-state index is 0.170. The van der Waals surface area contributed by atoms with Gasteiger partial charge in [0.2, 0.25) is 0 Å². The first kappa shape index (κ1) is 13.8. The minimum Gasteiger partial charge on any atom is -0.406 e. The van der Waals surface area contributed by atoms with E-state index in [9.17, 15) is 13.2 Å². The normalized spacial score (nSPS) is 13.8. The molecule has 0 aliphatic carbocycles. The van der Waals surface area contributed by atoms with Crippen molar-refractivity contribution in [1.29, 1.82) is 0 Å². The van der Waals surface area contributed by atoms with E-state index >= 15 is 0 Å². The van der Waals surface area contributed by atoms with E-state index in [0.717, 1.165) is 0 Å². The number of alkyl halides is 3. The Balaban J connectivity index is 2.85. The van der Waals surface area contributed by atoms with Crippen molar-refractivity contribution in [1.82, 2.24) is 0 Å². The Morgan fingerprint density at radius 2 is 1.82 bits per heavy atom. The van der Waals surface area contributed by atoms with Crippen LogP contribution < -0.4 is 10.5 Å². The summed E-state index contributed by atoms with van der Waals surface area (Å²) in [6.07, 6.45) is -4.30. The second-order valence-electron chi connectivity index (χ2n) is 4.27. The molecule has 0 radical (unpaired) electrons. The zero-order valence-electron chi connectivity index (χ0n) is 9.79. The second-order valence-corrected chi connectivity index (χ2v) is 4.27. The average molecular weight is 247 g/mol. The third-order valence-corrected chi connectivity index (χ3v) is 2.51. The fourth-order valence-electron chi connectivity index (χ4n) is 1.39. The maximum Gasteiger partial charge on any atom is 0.573 e. The molecule has 0 aromatic heterocycles. The maximum atomic E-state index is 12.2. The molecule has 2 nitrogen and oxygen atoms in total. The molecule has 0 heterocycles. The van der Waals surface area contributed by atoms with Gasteiger partial charge in [0, 0.05) is 6.04 Å². The highest BCUT2D eigenvalue weighted by molar-refractivity contribution is 5.34. The van der Waals surface area contributed by atoms with Gasteiger partial charge in [-0.2, -0.15) is 0 Å². The summed E-state index contributed by atoms with van der Waals surface area (Å²) in [6, 6.07) is 5.89. The Bertz CT molecular complexity index is 363. The van der Waals surface area contributed by atoms with Crippen LogP contribution in [0, 0.1) is 5.92 Å². The molecule has 2 N–H and O–H groups in total. The van der Waals surface area contributed by atoms with Crippen molar-refractivity contribution in [3.63, 3.8) is 0 Å².